The number of anilines is 2. The molecule has 2 aromatic heterocycles. The summed E-state index contributed by atoms with van der Waals surface area (Å²) in [6.07, 6.45) is 7.77. The fraction of sp³-hybridized carbons (Fsp3) is 0.0392. The van der Waals surface area contributed by atoms with Gasteiger partial charge in [-0.2, -0.15) is 0 Å². The van der Waals surface area contributed by atoms with E-state index in [1.54, 1.807) is 0 Å². The maximum atomic E-state index is 5.07. The maximum absolute atomic E-state index is 5.07. The Morgan fingerprint density at radius 1 is 0.446 bits per heavy atom. The quantitative estimate of drug-likeness (QED) is 0.172. The molecule has 0 radical (unpaired) electrons. The predicted molar refractivity (Wildman–Crippen MR) is 230 cm³/mol. The van der Waals surface area contributed by atoms with E-state index in [4.69, 9.17) is 15.0 Å². The summed E-state index contributed by atoms with van der Waals surface area (Å²) >= 11 is 0. The van der Waals surface area contributed by atoms with Crippen LogP contribution in [0.5, 0.6) is 0 Å². The molecule has 264 valence electrons. The molecule has 0 saturated heterocycles. The average Bonchev–Trinajstić information content (AvgIpc) is 3.79. The van der Waals surface area contributed by atoms with Gasteiger partial charge in [0.1, 0.15) is 0 Å². The average molecular weight is 718 g/mol. The van der Waals surface area contributed by atoms with Crippen molar-refractivity contribution in [3.63, 3.8) is 0 Å². The van der Waals surface area contributed by atoms with Crippen LogP contribution in [-0.2, 0) is 0 Å². The second-order valence-electron chi connectivity index (χ2n) is 14.4. The summed E-state index contributed by atoms with van der Waals surface area (Å²) < 4.78 is 2.36. The summed E-state index contributed by atoms with van der Waals surface area (Å²) in [5.74, 6) is 1.94. The van der Waals surface area contributed by atoms with Gasteiger partial charge in [0.15, 0.2) is 17.5 Å². The summed E-state index contributed by atoms with van der Waals surface area (Å²) in [5, 5.41) is 2.32. The number of para-hydroxylation sites is 2. The van der Waals surface area contributed by atoms with E-state index in [-0.39, 0.29) is 6.04 Å². The molecule has 0 amide bonds. The van der Waals surface area contributed by atoms with Gasteiger partial charge in [-0.3, -0.25) is 0 Å². The number of rotatable bonds is 6. The molecular formula is C51H35N5. The van der Waals surface area contributed by atoms with E-state index >= 15 is 0 Å². The standard InChI is InChI=1S/C51H35N5/c1-5-15-34(16-6-1)49-52-50(35-17-7-2-8-18-35)54-51(53-49)38-27-30-48-44(33-38)43-32-37(26-29-47(43)56(48)40-21-11-4-12-22-40)36-25-28-46-42(31-36)41-23-13-14-24-45(41)55(46)39-19-9-3-10-20-39/h1-23,25-33,45H,24H2. The van der Waals surface area contributed by atoms with Crippen molar-refractivity contribution in [3.8, 4) is 51.0 Å². The monoisotopic (exact) mass is 717 g/mol. The second kappa shape index (κ2) is 13.2. The SMILES string of the molecule is C1=CCC2C(=C1)c1cc(-c3ccc4c(c3)c3cc(-c5nc(-c6ccccc6)nc(-c6ccccc6)n5)ccc3n4-c3ccccc3)ccc1N2c1ccccc1. The Kier molecular flexibility index (Phi) is 7.56. The van der Waals surface area contributed by atoms with E-state index in [1.807, 2.05) is 60.7 Å². The molecule has 0 bridgehead atoms. The Balaban J connectivity index is 1.09. The first-order chi connectivity index (χ1) is 27.8. The van der Waals surface area contributed by atoms with Gasteiger partial charge < -0.3 is 9.47 Å². The van der Waals surface area contributed by atoms with E-state index in [1.165, 1.54) is 39.0 Å². The summed E-state index contributed by atoms with van der Waals surface area (Å²) in [6.45, 7) is 0. The van der Waals surface area contributed by atoms with Crippen molar-refractivity contribution in [3.05, 3.63) is 200 Å². The number of fused-ring (bicyclic) bond motifs is 6. The molecule has 9 aromatic rings. The van der Waals surface area contributed by atoms with E-state index in [0.717, 1.165) is 45.2 Å². The largest absolute Gasteiger partial charge is 0.333 e. The van der Waals surface area contributed by atoms with Gasteiger partial charge in [-0.1, -0.05) is 127 Å². The number of hydrogen-bond acceptors (Lipinski definition) is 4. The zero-order chi connectivity index (χ0) is 37.0. The number of nitrogens with zero attached hydrogens (tertiary/aromatic N) is 5. The van der Waals surface area contributed by atoms with Gasteiger partial charge in [0.2, 0.25) is 0 Å². The van der Waals surface area contributed by atoms with Crippen molar-refractivity contribution in [2.24, 2.45) is 0 Å². The van der Waals surface area contributed by atoms with Crippen molar-refractivity contribution < 1.29 is 0 Å². The molecule has 1 atom stereocenters. The fourth-order valence-electron chi connectivity index (χ4n) is 8.50. The topological polar surface area (TPSA) is 46.8 Å². The molecular weight excluding hydrogens is 683 g/mol. The summed E-state index contributed by atoms with van der Waals surface area (Å²) in [4.78, 5) is 17.6. The number of aromatic nitrogens is 4. The van der Waals surface area contributed by atoms with Gasteiger partial charge >= 0.3 is 0 Å². The molecule has 1 aliphatic heterocycles. The van der Waals surface area contributed by atoms with Gasteiger partial charge in [-0.05, 0) is 89.9 Å². The number of allylic oxidation sites excluding steroid dienone is 2. The van der Waals surface area contributed by atoms with Crippen molar-refractivity contribution in [1.29, 1.82) is 0 Å². The fourth-order valence-corrected chi connectivity index (χ4v) is 8.50. The lowest BCUT2D eigenvalue weighted by Gasteiger charge is -2.28. The molecule has 5 nitrogen and oxygen atoms in total. The Morgan fingerprint density at radius 3 is 1.57 bits per heavy atom. The highest BCUT2D eigenvalue weighted by molar-refractivity contribution is 6.11. The number of benzene rings is 7. The lowest BCUT2D eigenvalue weighted by atomic mass is 9.93. The second-order valence-corrected chi connectivity index (χ2v) is 14.4. The van der Waals surface area contributed by atoms with E-state index in [0.29, 0.717) is 17.5 Å². The summed E-state index contributed by atoms with van der Waals surface area (Å²) in [6, 6.07) is 62.4. The lowest BCUT2D eigenvalue weighted by Crippen LogP contribution is -2.26. The Labute approximate surface area is 325 Å². The summed E-state index contributed by atoms with van der Waals surface area (Å²) in [5.41, 5.74) is 13.8. The normalized spacial score (nSPS) is 14.5. The minimum atomic E-state index is 0.289. The predicted octanol–water partition coefficient (Wildman–Crippen LogP) is 12.5. The molecule has 1 unspecified atom stereocenters. The Hall–Kier alpha value is -7.37. The van der Waals surface area contributed by atoms with Gasteiger partial charge in [0.25, 0.3) is 0 Å². The zero-order valence-electron chi connectivity index (χ0n) is 30.5. The molecule has 56 heavy (non-hydrogen) atoms. The van der Waals surface area contributed by atoms with Crippen molar-refractivity contribution in [1.82, 2.24) is 19.5 Å². The number of hydrogen-bond donors (Lipinski definition) is 0. The van der Waals surface area contributed by atoms with E-state index in [9.17, 15) is 0 Å². The van der Waals surface area contributed by atoms with Crippen molar-refractivity contribution in [2.45, 2.75) is 12.5 Å². The highest BCUT2D eigenvalue weighted by Gasteiger charge is 2.35. The van der Waals surface area contributed by atoms with Crippen molar-refractivity contribution >= 4 is 38.8 Å². The summed E-state index contributed by atoms with van der Waals surface area (Å²) in [7, 11) is 0. The van der Waals surface area contributed by atoms with Gasteiger partial charge in [0, 0.05) is 50.1 Å². The third kappa shape index (κ3) is 5.36. The van der Waals surface area contributed by atoms with Crippen molar-refractivity contribution in [2.75, 3.05) is 4.90 Å². The van der Waals surface area contributed by atoms with Crippen LogP contribution in [0.1, 0.15) is 12.0 Å². The maximum Gasteiger partial charge on any atom is 0.164 e. The van der Waals surface area contributed by atoms with Crippen LogP contribution in [0.2, 0.25) is 0 Å². The van der Waals surface area contributed by atoms with Gasteiger partial charge in [0.05, 0.1) is 17.1 Å². The first-order valence-corrected chi connectivity index (χ1v) is 19.1. The van der Waals surface area contributed by atoms with Crippen LogP contribution in [-0.4, -0.2) is 25.6 Å². The van der Waals surface area contributed by atoms with E-state index < -0.39 is 0 Å². The minimum absolute atomic E-state index is 0.289. The van der Waals surface area contributed by atoms with Crippen LogP contribution in [0.25, 0.3) is 78.4 Å². The molecule has 7 aromatic carbocycles. The molecule has 3 heterocycles. The molecule has 0 N–H and O–H groups in total. The molecule has 0 saturated carbocycles. The molecule has 5 heteroatoms. The molecule has 2 aliphatic rings. The Bertz CT molecular complexity index is 2930. The third-order valence-corrected chi connectivity index (χ3v) is 11.1. The van der Waals surface area contributed by atoms with Crippen LogP contribution < -0.4 is 4.90 Å². The van der Waals surface area contributed by atoms with Gasteiger partial charge in [-0.15, -0.1) is 0 Å². The zero-order valence-corrected chi connectivity index (χ0v) is 30.5. The first-order valence-electron chi connectivity index (χ1n) is 19.1. The van der Waals surface area contributed by atoms with Crippen LogP contribution >= 0.6 is 0 Å². The smallest absolute Gasteiger partial charge is 0.164 e. The Morgan fingerprint density at radius 2 is 0.946 bits per heavy atom. The van der Waals surface area contributed by atoms with Gasteiger partial charge in [-0.25, -0.2) is 15.0 Å². The van der Waals surface area contributed by atoms with E-state index in [2.05, 4.69) is 143 Å². The van der Waals surface area contributed by atoms with Crippen LogP contribution in [0.4, 0.5) is 11.4 Å². The van der Waals surface area contributed by atoms with Crippen LogP contribution in [0.15, 0.2) is 194 Å². The molecule has 0 fully saturated rings. The van der Waals surface area contributed by atoms with Crippen LogP contribution in [0, 0.1) is 0 Å². The third-order valence-electron chi connectivity index (χ3n) is 11.1. The molecule has 0 spiro atoms. The van der Waals surface area contributed by atoms with Crippen LogP contribution in [0.3, 0.4) is 0 Å². The highest BCUT2D eigenvalue weighted by Crippen LogP contribution is 2.49. The molecule has 11 rings (SSSR count). The highest BCUT2D eigenvalue weighted by atomic mass is 15.2. The first kappa shape index (κ1) is 32.1. The minimum Gasteiger partial charge on any atom is -0.333 e. The lowest BCUT2D eigenvalue weighted by molar-refractivity contribution is 0.829. The molecule has 1 aliphatic carbocycles.